The van der Waals surface area contributed by atoms with E-state index in [1.807, 2.05) is 33.8 Å². The van der Waals surface area contributed by atoms with E-state index >= 15 is 0 Å². The lowest BCUT2D eigenvalue weighted by atomic mass is 9.84. The van der Waals surface area contributed by atoms with E-state index in [0.29, 0.717) is 5.92 Å². The van der Waals surface area contributed by atoms with Gasteiger partial charge in [-0.15, -0.1) is 6.58 Å². The highest BCUT2D eigenvalue weighted by Crippen LogP contribution is 2.49. The Morgan fingerprint density at radius 2 is 1.86 bits per heavy atom. The number of allylic oxidation sites excluding steroid dienone is 4. The van der Waals surface area contributed by atoms with Crippen LogP contribution in [-0.2, 0) is 0 Å². The fraction of sp³-hybridized carbons (Fsp3) is 0.455. The maximum Gasteiger partial charge on any atom is 0.0101 e. The first kappa shape index (κ1) is 20.4. The van der Waals surface area contributed by atoms with Crippen LogP contribution in [0.25, 0.3) is 11.6 Å². The van der Waals surface area contributed by atoms with Crippen molar-refractivity contribution in [3.8, 4) is 0 Å². The Morgan fingerprint density at radius 3 is 2.50 bits per heavy atom. The lowest BCUT2D eigenvalue weighted by Gasteiger charge is -2.20. The molecule has 1 aromatic carbocycles. The molecular weight excluding hydrogens is 264 g/mol. The minimum absolute atomic E-state index is 0. The van der Waals surface area contributed by atoms with E-state index in [-0.39, 0.29) is 7.43 Å². The molecule has 0 aromatic heterocycles. The Morgan fingerprint density at radius 1 is 1.18 bits per heavy atom. The predicted molar refractivity (Wildman–Crippen MR) is 104 cm³/mol. The van der Waals surface area contributed by atoms with Gasteiger partial charge in [0.15, 0.2) is 0 Å². The molecule has 2 aliphatic rings. The smallest absolute Gasteiger partial charge is 0.0101 e. The molecule has 0 N–H and O–H groups in total. The normalized spacial score (nSPS) is 16.5. The van der Waals surface area contributed by atoms with Crippen molar-refractivity contribution in [1.82, 2.24) is 0 Å². The fourth-order valence-electron chi connectivity index (χ4n) is 3.26. The molecule has 0 nitrogen and oxygen atoms in total. The lowest BCUT2D eigenvalue weighted by molar-refractivity contribution is 0.763. The summed E-state index contributed by atoms with van der Waals surface area (Å²) in [6.45, 7) is 14.1. The van der Waals surface area contributed by atoms with E-state index in [0.717, 1.165) is 6.42 Å². The van der Waals surface area contributed by atoms with Gasteiger partial charge < -0.3 is 0 Å². The summed E-state index contributed by atoms with van der Waals surface area (Å²) in [6.07, 6.45) is 10.1. The van der Waals surface area contributed by atoms with E-state index in [2.05, 4.69) is 43.9 Å². The Balaban J connectivity index is 0.000000819. The molecule has 0 spiro atoms. The second-order valence-electron chi connectivity index (χ2n) is 4.98. The monoisotopic (exact) mass is 298 g/mol. The van der Waals surface area contributed by atoms with Crippen LogP contribution >= 0.6 is 0 Å². The molecule has 0 radical (unpaired) electrons. The third-order valence-corrected chi connectivity index (χ3v) is 4.08. The summed E-state index contributed by atoms with van der Waals surface area (Å²) in [5.41, 5.74) is 7.63. The summed E-state index contributed by atoms with van der Waals surface area (Å²) in [4.78, 5) is 0. The molecule has 2 aliphatic carbocycles. The van der Waals surface area contributed by atoms with Crippen molar-refractivity contribution >= 4 is 11.6 Å². The van der Waals surface area contributed by atoms with Crippen molar-refractivity contribution in [2.75, 3.05) is 0 Å². The molecule has 0 amide bonds. The van der Waals surface area contributed by atoms with Crippen LogP contribution in [0.4, 0.5) is 0 Å². The van der Waals surface area contributed by atoms with Crippen LogP contribution < -0.4 is 0 Å². The molecule has 0 heterocycles. The summed E-state index contributed by atoms with van der Waals surface area (Å²) in [5, 5.41) is 0. The first-order valence-corrected chi connectivity index (χ1v) is 8.43. The maximum atomic E-state index is 3.84. The summed E-state index contributed by atoms with van der Waals surface area (Å²) in [6, 6.07) is 6.70. The van der Waals surface area contributed by atoms with Crippen LogP contribution in [0, 0.1) is 0 Å². The average molecular weight is 299 g/mol. The van der Waals surface area contributed by atoms with E-state index in [1.165, 1.54) is 29.5 Å². The fourth-order valence-corrected chi connectivity index (χ4v) is 3.26. The Kier molecular flexibility index (Phi) is 9.49. The molecule has 0 heteroatoms. The van der Waals surface area contributed by atoms with Crippen LogP contribution in [-0.4, -0.2) is 0 Å². The molecule has 0 saturated carbocycles. The van der Waals surface area contributed by atoms with Crippen molar-refractivity contribution in [2.45, 2.75) is 67.2 Å². The highest BCUT2D eigenvalue weighted by molar-refractivity contribution is 5.81. The standard InChI is InChI=1S/C17H18.2C2H6.CH4/c1-3-4-9-14-12(2)15-10-5-7-13-8-6-11-16(14)17(13)15;2*1-2;/h3,5-8,10,16H,1,4,9,11H2,2H3;2*1-2H3;1H4. The predicted octanol–water partition coefficient (Wildman–Crippen LogP) is 7.63. The van der Waals surface area contributed by atoms with Gasteiger partial charge in [-0.2, -0.15) is 0 Å². The molecule has 0 aliphatic heterocycles. The Hall–Kier alpha value is -1.56. The van der Waals surface area contributed by atoms with Crippen molar-refractivity contribution in [2.24, 2.45) is 0 Å². The third kappa shape index (κ3) is 3.80. The van der Waals surface area contributed by atoms with Gasteiger partial charge in [-0.3, -0.25) is 0 Å². The third-order valence-electron chi connectivity index (χ3n) is 4.08. The summed E-state index contributed by atoms with van der Waals surface area (Å²) in [7, 11) is 0. The number of rotatable bonds is 3. The molecule has 0 bridgehead atoms. The highest BCUT2D eigenvalue weighted by atomic mass is 14.3. The molecule has 1 unspecified atom stereocenters. The second kappa shape index (κ2) is 10.2. The van der Waals surface area contributed by atoms with Crippen molar-refractivity contribution < 1.29 is 0 Å². The van der Waals surface area contributed by atoms with Crippen LogP contribution in [0.5, 0.6) is 0 Å². The SMILES string of the molecule is C.C=CCCC1=C(C)c2cccc3c2C1CC=C3.CC.CC. The largest absolute Gasteiger partial charge is 0.103 e. The minimum atomic E-state index is 0. The van der Waals surface area contributed by atoms with Crippen molar-refractivity contribution in [1.29, 1.82) is 0 Å². The minimum Gasteiger partial charge on any atom is -0.103 e. The quantitative estimate of drug-likeness (QED) is 0.503. The number of hydrogen-bond donors (Lipinski definition) is 0. The molecule has 22 heavy (non-hydrogen) atoms. The van der Waals surface area contributed by atoms with E-state index < -0.39 is 0 Å². The van der Waals surface area contributed by atoms with E-state index in [4.69, 9.17) is 0 Å². The van der Waals surface area contributed by atoms with Crippen LogP contribution in [0.2, 0.25) is 0 Å². The van der Waals surface area contributed by atoms with E-state index in [1.54, 1.807) is 11.1 Å². The summed E-state index contributed by atoms with van der Waals surface area (Å²) in [5.74, 6) is 0.645. The van der Waals surface area contributed by atoms with Crippen molar-refractivity contribution in [3.63, 3.8) is 0 Å². The molecule has 122 valence electrons. The second-order valence-corrected chi connectivity index (χ2v) is 4.98. The Labute approximate surface area is 138 Å². The van der Waals surface area contributed by atoms with Gasteiger partial charge >= 0.3 is 0 Å². The zero-order chi connectivity index (χ0) is 15.8. The molecule has 1 atom stereocenters. The molecule has 1 aromatic rings. The summed E-state index contributed by atoms with van der Waals surface area (Å²) >= 11 is 0. The van der Waals surface area contributed by atoms with Gasteiger partial charge in [-0.1, -0.05) is 77.1 Å². The van der Waals surface area contributed by atoms with Crippen molar-refractivity contribution in [3.05, 3.63) is 59.2 Å². The van der Waals surface area contributed by atoms with E-state index in [9.17, 15) is 0 Å². The Bertz CT molecular complexity index is 529. The number of hydrogen-bond acceptors (Lipinski definition) is 0. The van der Waals surface area contributed by atoms with Crippen LogP contribution in [0.15, 0.2) is 42.5 Å². The zero-order valence-electron chi connectivity index (χ0n) is 14.4. The first-order chi connectivity index (χ1) is 10.3. The molecule has 3 rings (SSSR count). The highest BCUT2D eigenvalue weighted by Gasteiger charge is 2.30. The lowest BCUT2D eigenvalue weighted by Crippen LogP contribution is -2.03. The summed E-state index contributed by atoms with van der Waals surface area (Å²) < 4.78 is 0. The van der Waals surface area contributed by atoms with Crippen LogP contribution in [0.1, 0.15) is 83.9 Å². The molecule has 0 saturated heterocycles. The molecular formula is C22H34. The topological polar surface area (TPSA) is 0 Å². The zero-order valence-corrected chi connectivity index (χ0v) is 14.4. The average Bonchev–Trinajstić information content (AvgIpc) is 2.84. The van der Waals surface area contributed by atoms with Gasteiger partial charge in [0, 0.05) is 5.92 Å². The van der Waals surface area contributed by atoms with Gasteiger partial charge in [0.1, 0.15) is 0 Å². The first-order valence-electron chi connectivity index (χ1n) is 8.43. The maximum absolute atomic E-state index is 3.84. The van der Waals surface area contributed by atoms with Gasteiger partial charge in [-0.05, 0) is 48.4 Å². The number of benzene rings is 1. The van der Waals surface area contributed by atoms with Gasteiger partial charge in [-0.25, -0.2) is 0 Å². The molecule has 0 fully saturated rings. The van der Waals surface area contributed by atoms with Gasteiger partial charge in [0.25, 0.3) is 0 Å². The van der Waals surface area contributed by atoms with Gasteiger partial charge in [0.05, 0.1) is 0 Å². The van der Waals surface area contributed by atoms with Crippen LogP contribution in [0.3, 0.4) is 0 Å². The van der Waals surface area contributed by atoms with Gasteiger partial charge in [0.2, 0.25) is 0 Å².